The Morgan fingerprint density at radius 2 is 1.85 bits per heavy atom. The highest BCUT2D eigenvalue weighted by Gasteiger charge is 2.53. The van der Waals surface area contributed by atoms with Crippen molar-refractivity contribution in [2.45, 2.75) is 43.2 Å². The fraction of sp³-hybridized carbons (Fsp3) is 0.269. The third-order valence-corrected chi connectivity index (χ3v) is 7.91. The lowest BCUT2D eigenvalue weighted by molar-refractivity contribution is -0.126. The van der Waals surface area contributed by atoms with Gasteiger partial charge in [0, 0.05) is 23.7 Å². The van der Waals surface area contributed by atoms with Gasteiger partial charge in [-0.05, 0) is 67.8 Å². The van der Waals surface area contributed by atoms with E-state index in [1.54, 1.807) is 49.6 Å². The van der Waals surface area contributed by atoms with Crippen molar-refractivity contribution in [1.29, 1.82) is 0 Å². The Hall–Kier alpha value is -3.52. The Morgan fingerprint density at radius 1 is 1.09 bits per heavy atom. The summed E-state index contributed by atoms with van der Waals surface area (Å²) >= 11 is 0. The Kier molecular flexibility index (Phi) is 5.28. The number of aryl methyl sites for hydroxylation is 2. The molecule has 34 heavy (non-hydrogen) atoms. The molecule has 2 N–H and O–H groups in total. The number of amides is 1. The van der Waals surface area contributed by atoms with Gasteiger partial charge in [-0.1, -0.05) is 23.8 Å². The monoisotopic (exact) mass is 478 g/mol. The van der Waals surface area contributed by atoms with Crippen LogP contribution in [-0.4, -0.2) is 21.4 Å². The van der Waals surface area contributed by atoms with Gasteiger partial charge in [-0.3, -0.25) is 9.52 Å². The van der Waals surface area contributed by atoms with Crippen molar-refractivity contribution in [3.63, 3.8) is 0 Å². The van der Waals surface area contributed by atoms with Gasteiger partial charge in [0.1, 0.15) is 11.5 Å². The summed E-state index contributed by atoms with van der Waals surface area (Å²) in [4.78, 5) is 12.5. The van der Waals surface area contributed by atoms with Gasteiger partial charge in [-0.25, -0.2) is 8.42 Å². The predicted octanol–water partition coefficient (Wildman–Crippen LogP) is 4.22. The first-order valence-electron chi connectivity index (χ1n) is 11.1. The maximum Gasteiger partial charge on any atom is 0.261 e. The van der Waals surface area contributed by atoms with Gasteiger partial charge in [-0.2, -0.15) is 0 Å². The first-order valence-corrected chi connectivity index (χ1v) is 12.6. The van der Waals surface area contributed by atoms with Crippen LogP contribution in [-0.2, 0) is 27.0 Å². The van der Waals surface area contributed by atoms with E-state index in [1.807, 2.05) is 25.1 Å². The van der Waals surface area contributed by atoms with Gasteiger partial charge in [0.2, 0.25) is 11.6 Å². The second-order valence-corrected chi connectivity index (χ2v) is 10.5. The first kappa shape index (κ1) is 22.3. The maximum absolute atomic E-state index is 12.9. The molecule has 0 saturated carbocycles. The molecule has 0 radical (unpaired) electrons. The molecule has 176 valence electrons. The molecule has 5 rings (SSSR count). The van der Waals surface area contributed by atoms with Crippen LogP contribution >= 0.6 is 0 Å². The molecule has 0 fully saturated rings. The number of benzene rings is 3. The number of carbonyl (C=O) groups excluding carboxylic acids is 1. The van der Waals surface area contributed by atoms with Crippen molar-refractivity contribution in [3.8, 4) is 11.5 Å². The smallest absolute Gasteiger partial charge is 0.261 e. The van der Waals surface area contributed by atoms with Crippen LogP contribution in [0.25, 0.3) is 0 Å². The highest BCUT2D eigenvalue weighted by atomic mass is 32.2. The molecule has 1 aliphatic carbocycles. The molecule has 2 atom stereocenters. The molecular weight excluding hydrogens is 452 g/mol. The van der Waals surface area contributed by atoms with Crippen LogP contribution < -0.4 is 19.5 Å². The van der Waals surface area contributed by atoms with E-state index in [4.69, 9.17) is 9.47 Å². The summed E-state index contributed by atoms with van der Waals surface area (Å²) in [5.41, 5.74) is 3.14. The third kappa shape index (κ3) is 3.68. The summed E-state index contributed by atoms with van der Waals surface area (Å²) in [6.45, 7) is 3.37. The maximum atomic E-state index is 12.9. The van der Waals surface area contributed by atoms with Gasteiger partial charge in [-0.15, -0.1) is 0 Å². The largest absolute Gasteiger partial charge is 0.497 e. The van der Waals surface area contributed by atoms with E-state index in [9.17, 15) is 13.2 Å². The van der Waals surface area contributed by atoms with Gasteiger partial charge in [0.25, 0.3) is 10.0 Å². The van der Waals surface area contributed by atoms with E-state index in [-0.39, 0.29) is 16.7 Å². The van der Waals surface area contributed by atoms with Crippen molar-refractivity contribution < 1.29 is 22.7 Å². The summed E-state index contributed by atoms with van der Waals surface area (Å²) in [6, 6.07) is 17.7. The van der Waals surface area contributed by atoms with E-state index in [0.717, 1.165) is 35.1 Å². The van der Waals surface area contributed by atoms with Crippen molar-refractivity contribution in [2.24, 2.45) is 0 Å². The lowest BCUT2D eigenvalue weighted by Gasteiger charge is -2.40. The van der Waals surface area contributed by atoms with Gasteiger partial charge >= 0.3 is 0 Å². The molecule has 3 aromatic rings. The van der Waals surface area contributed by atoms with Crippen LogP contribution in [0.15, 0.2) is 65.6 Å². The predicted molar refractivity (Wildman–Crippen MR) is 129 cm³/mol. The van der Waals surface area contributed by atoms with Crippen molar-refractivity contribution >= 4 is 21.6 Å². The molecule has 2 aliphatic rings. The van der Waals surface area contributed by atoms with Crippen LogP contribution in [0, 0.1) is 6.92 Å². The number of methoxy groups -OCH3 is 1. The molecule has 0 saturated heterocycles. The summed E-state index contributed by atoms with van der Waals surface area (Å²) in [5.74, 6) is 0.895. The number of anilines is 1. The Labute approximate surface area is 199 Å². The van der Waals surface area contributed by atoms with E-state index in [1.165, 1.54) is 6.92 Å². The molecule has 1 amide bonds. The summed E-state index contributed by atoms with van der Waals surface area (Å²) in [7, 11) is -2.14. The minimum absolute atomic E-state index is 0.185. The standard InChI is InChI=1S/C26H26N2O5S/c1-16-4-10-21(11-5-16)34(30,31)28-19-8-13-25-22(14-19)23-12-7-18-6-9-20(32-3)15-24(18)26(23,33-25)27-17(2)29/h4-6,8-11,13-15,23,28H,7,12H2,1-3H3,(H,27,29)/t23-,26+/m1/s1. The zero-order valence-corrected chi connectivity index (χ0v) is 20.0. The van der Waals surface area contributed by atoms with Crippen LogP contribution in [0.2, 0.25) is 0 Å². The highest BCUT2D eigenvalue weighted by molar-refractivity contribution is 7.92. The zero-order chi connectivity index (χ0) is 24.1. The average molecular weight is 479 g/mol. The van der Waals surface area contributed by atoms with E-state index >= 15 is 0 Å². The van der Waals surface area contributed by atoms with Crippen LogP contribution in [0.3, 0.4) is 0 Å². The van der Waals surface area contributed by atoms with Crippen molar-refractivity contribution in [2.75, 3.05) is 11.8 Å². The summed E-state index contributed by atoms with van der Waals surface area (Å²) in [5, 5.41) is 3.06. The molecule has 0 bridgehead atoms. The lowest BCUT2D eigenvalue weighted by atomic mass is 9.74. The third-order valence-electron chi connectivity index (χ3n) is 6.51. The fourth-order valence-corrected chi connectivity index (χ4v) is 6.01. The van der Waals surface area contributed by atoms with Gasteiger partial charge in [0.05, 0.1) is 17.9 Å². The number of hydrogen-bond acceptors (Lipinski definition) is 5. The van der Waals surface area contributed by atoms with E-state index in [2.05, 4.69) is 10.0 Å². The van der Waals surface area contributed by atoms with E-state index < -0.39 is 15.7 Å². The van der Waals surface area contributed by atoms with Crippen LogP contribution in [0.4, 0.5) is 5.69 Å². The quantitative estimate of drug-likeness (QED) is 0.573. The average Bonchev–Trinajstić information content (AvgIpc) is 3.11. The number of rotatable bonds is 5. The second kappa shape index (κ2) is 8.06. The molecule has 0 unspecified atom stereocenters. The summed E-state index contributed by atoms with van der Waals surface area (Å²) in [6.07, 6.45) is 1.54. The Morgan fingerprint density at radius 3 is 2.56 bits per heavy atom. The van der Waals surface area contributed by atoms with Crippen LogP contribution in [0.1, 0.15) is 41.5 Å². The highest BCUT2D eigenvalue weighted by Crippen LogP contribution is 2.55. The number of sulfonamides is 1. The van der Waals surface area contributed by atoms with Crippen molar-refractivity contribution in [3.05, 3.63) is 82.9 Å². The fourth-order valence-electron chi connectivity index (χ4n) is 4.96. The van der Waals surface area contributed by atoms with Crippen LogP contribution in [0.5, 0.6) is 11.5 Å². The molecule has 7 nitrogen and oxygen atoms in total. The molecular formula is C26H26N2O5S. The zero-order valence-electron chi connectivity index (χ0n) is 19.2. The van der Waals surface area contributed by atoms with E-state index in [0.29, 0.717) is 17.2 Å². The van der Waals surface area contributed by atoms with Gasteiger partial charge < -0.3 is 14.8 Å². The molecule has 1 aliphatic heterocycles. The molecule has 1 heterocycles. The second-order valence-electron chi connectivity index (χ2n) is 8.80. The minimum Gasteiger partial charge on any atom is -0.497 e. The Balaban J connectivity index is 1.54. The first-order chi connectivity index (χ1) is 16.2. The molecule has 0 spiro atoms. The Bertz CT molecular complexity index is 1380. The SMILES string of the molecule is COc1ccc2c(c1)[C@@]1(NC(C)=O)Oc3ccc(NS(=O)(=O)c4ccc(C)cc4)cc3[C@H]1CC2. The molecule has 0 aromatic heterocycles. The summed E-state index contributed by atoms with van der Waals surface area (Å²) < 4.78 is 40.4. The van der Waals surface area contributed by atoms with Gasteiger partial charge in [0.15, 0.2) is 0 Å². The number of nitrogens with one attached hydrogen (secondary N) is 2. The molecule has 8 heteroatoms. The van der Waals surface area contributed by atoms with Crippen molar-refractivity contribution in [1.82, 2.24) is 5.32 Å². The number of fused-ring (bicyclic) bond motifs is 5. The number of carbonyl (C=O) groups is 1. The topological polar surface area (TPSA) is 93.7 Å². The number of hydrogen-bond donors (Lipinski definition) is 2. The molecule has 3 aromatic carbocycles. The normalized spacial score (nSPS) is 20.4. The minimum atomic E-state index is -3.75. The number of ether oxygens (including phenoxy) is 2. The lowest BCUT2D eigenvalue weighted by Crippen LogP contribution is -2.53.